The van der Waals surface area contributed by atoms with Gasteiger partial charge in [-0.2, -0.15) is 0 Å². The lowest BCUT2D eigenvalue weighted by molar-refractivity contribution is 0.303. The Morgan fingerprint density at radius 2 is 1.89 bits per heavy atom. The van der Waals surface area contributed by atoms with Crippen molar-refractivity contribution in [3.8, 4) is 0 Å². The molecule has 1 aliphatic rings. The summed E-state index contributed by atoms with van der Waals surface area (Å²) in [5.74, 6) is 0.108. The molecule has 0 heterocycles. The minimum absolute atomic E-state index is 0. The van der Waals surface area contributed by atoms with Gasteiger partial charge in [-0.3, -0.25) is 0 Å². The van der Waals surface area contributed by atoms with Crippen LogP contribution in [0.1, 0.15) is 49.3 Å². The van der Waals surface area contributed by atoms with E-state index in [2.05, 4.69) is 0 Å². The Bertz CT molecular complexity index is 403. The molecule has 1 fully saturated rings. The summed E-state index contributed by atoms with van der Waals surface area (Å²) >= 11 is 6.19. The molecule has 2 rings (SSSR count). The third kappa shape index (κ3) is 3.17. The van der Waals surface area contributed by atoms with Crippen molar-refractivity contribution in [1.29, 1.82) is 0 Å². The van der Waals surface area contributed by atoms with Gasteiger partial charge in [0.15, 0.2) is 0 Å². The fourth-order valence-corrected chi connectivity index (χ4v) is 2.99. The zero-order valence-electron chi connectivity index (χ0n) is 10.6. The molecule has 0 saturated heterocycles. The van der Waals surface area contributed by atoms with Crippen molar-refractivity contribution in [3.05, 3.63) is 34.1 Å². The summed E-state index contributed by atoms with van der Waals surface area (Å²) in [5, 5.41) is 0.503. The zero-order chi connectivity index (χ0) is 12.4. The summed E-state index contributed by atoms with van der Waals surface area (Å²) in [6, 6.07) is 2.91. The number of benzene rings is 1. The van der Waals surface area contributed by atoms with Gasteiger partial charge in [0.2, 0.25) is 0 Å². The highest BCUT2D eigenvalue weighted by Crippen LogP contribution is 2.37. The van der Waals surface area contributed by atoms with Crippen LogP contribution in [0.2, 0.25) is 5.02 Å². The lowest BCUT2D eigenvalue weighted by Crippen LogP contribution is -2.25. The first-order chi connectivity index (χ1) is 8.11. The van der Waals surface area contributed by atoms with Crippen LogP contribution in [0.5, 0.6) is 0 Å². The first kappa shape index (κ1) is 15.7. The number of hydrogen-bond donors (Lipinski definition) is 1. The van der Waals surface area contributed by atoms with Crippen LogP contribution in [0.3, 0.4) is 0 Å². The second-order valence-corrected chi connectivity index (χ2v) is 5.39. The fourth-order valence-electron chi connectivity index (χ4n) is 2.71. The van der Waals surface area contributed by atoms with E-state index in [-0.39, 0.29) is 24.3 Å². The normalized spacial score (nSPS) is 18.2. The van der Waals surface area contributed by atoms with Crippen molar-refractivity contribution in [2.75, 3.05) is 0 Å². The predicted molar refractivity (Wildman–Crippen MR) is 76.9 cm³/mol. The molecule has 0 spiro atoms. The monoisotopic (exact) mass is 291 g/mol. The van der Waals surface area contributed by atoms with E-state index in [9.17, 15) is 4.39 Å². The maximum absolute atomic E-state index is 13.9. The van der Waals surface area contributed by atoms with Gasteiger partial charge < -0.3 is 5.73 Å². The van der Waals surface area contributed by atoms with Crippen molar-refractivity contribution in [1.82, 2.24) is 0 Å². The highest BCUT2D eigenvalue weighted by molar-refractivity contribution is 6.32. The molecule has 0 amide bonds. The average molecular weight is 292 g/mol. The minimum atomic E-state index is -0.265. The van der Waals surface area contributed by atoms with Crippen LogP contribution in [0.15, 0.2) is 12.1 Å². The van der Waals surface area contributed by atoms with Gasteiger partial charge in [-0.1, -0.05) is 36.9 Å². The molecular weight excluding hydrogens is 272 g/mol. The molecule has 2 N–H and O–H groups in total. The van der Waals surface area contributed by atoms with Gasteiger partial charge in [-0.25, -0.2) is 4.39 Å². The van der Waals surface area contributed by atoms with Crippen LogP contribution in [-0.2, 0) is 0 Å². The Balaban J connectivity index is 0.00000162. The SMILES string of the molecule is Cc1ccc(F)c([C@H](N)C2CCCCC2)c1Cl.Cl. The molecule has 1 aromatic carbocycles. The van der Waals surface area contributed by atoms with E-state index < -0.39 is 0 Å². The summed E-state index contributed by atoms with van der Waals surface area (Å²) < 4.78 is 13.9. The van der Waals surface area contributed by atoms with Crippen LogP contribution in [-0.4, -0.2) is 0 Å². The van der Waals surface area contributed by atoms with Crippen molar-refractivity contribution in [3.63, 3.8) is 0 Å². The Morgan fingerprint density at radius 1 is 1.28 bits per heavy atom. The van der Waals surface area contributed by atoms with E-state index in [4.69, 9.17) is 17.3 Å². The first-order valence-corrected chi connectivity index (χ1v) is 6.69. The van der Waals surface area contributed by atoms with Gasteiger partial charge in [0.1, 0.15) is 5.82 Å². The minimum Gasteiger partial charge on any atom is -0.324 e. The highest BCUT2D eigenvalue weighted by Gasteiger charge is 2.26. The van der Waals surface area contributed by atoms with Crippen LogP contribution in [0.25, 0.3) is 0 Å². The summed E-state index contributed by atoms with van der Waals surface area (Å²) in [5.41, 5.74) is 7.63. The van der Waals surface area contributed by atoms with Crippen LogP contribution in [0, 0.1) is 18.7 Å². The number of nitrogens with two attached hydrogens (primary N) is 1. The van der Waals surface area contributed by atoms with E-state index in [1.807, 2.05) is 6.92 Å². The van der Waals surface area contributed by atoms with E-state index in [0.717, 1.165) is 18.4 Å². The third-order valence-corrected chi connectivity index (χ3v) is 4.31. The second-order valence-electron chi connectivity index (χ2n) is 5.02. The summed E-state index contributed by atoms with van der Waals surface area (Å²) in [4.78, 5) is 0. The quantitative estimate of drug-likeness (QED) is 0.833. The van der Waals surface area contributed by atoms with Crippen molar-refractivity contribution in [2.24, 2.45) is 11.7 Å². The Labute approximate surface area is 119 Å². The van der Waals surface area contributed by atoms with Gasteiger partial charge in [0.25, 0.3) is 0 Å². The van der Waals surface area contributed by atoms with E-state index in [1.165, 1.54) is 25.3 Å². The maximum Gasteiger partial charge on any atom is 0.129 e. The van der Waals surface area contributed by atoms with Crippen molar-refractivity contribution < 1.29 is 4.39 Å². The third-order valence-electron chi connectivity index (χ3n) is 3.81. The lowest BCUT2D eigenvalue weighted by Gasteiger charge is -2.28. The van der Waals surface area contributed by atoms with Crippen LogP contribution in [0.4, 0.5) is 4.39 Å². The highest BCUT2D eigenvalue weighted by atomic mass is 35.5. The topological polar surface area (TPSA) is 26.0 Å². The van der Waals surface area contributed by atoms with Gasteiger partial charge >= 0.3 is 0 Å². The van der Waals surface area contributed by atoms with Crippen LogP contribution >= 0.6 is 24.0 Å². The summed E-state index contributed by atoms with van der Waals surface area (Å²) in [6.07, 6.45) is 5.84. The molecule has 0 radical (unpaired) electrons. The fraction of sp³-hybridized carbons (Fsp3) is 0.571. The molecule has 1 atom stereocenters. The first-order valence-electron chi connectivity index (χ1n) is 6.31. The van der Waals surface area contributed by atoms with Gasteiger partial charge in [-0.05, 0) is 37.3 Å². The lowest BCUT2D eigenvalue weighted by atomic mass is 9.81. The largest absolute Gasteiger partial charge is 0.324 e. The molecule has 0 aliphatic heterocycles. The smallest absolute Gasteiger partial charge is 0.129 e. The Kier molecular flexibility index (Phi) is 5.90. The standard InChI is InChI=1S/C14H19ClFN.ClH/c1-9-7-8-11(16)12(13(9)15)14(17)10-5-3-2-4-6-10;/h7-8,10,14H,2-6,17H2,1H3;1H/t14-;/m1./s1. The number of halogens is 3. The van der Waals surface area contributed by atoms with Crippen molar-refractivity contribution >= 4 is 24.0 Å². The van der Waals surface area contributed by atoms with E-state index in [1.54, 1.807) is 6.07 Å². The molecule has 18 heavy (non-hydrogen) atoms. The van der Waals surface area contributed by atoms with E-state index >= 15 is 0 Å². The average Bonchev–Trinajstić information content (AvgIpc) is 2.35. The molecule has 0 bridgehead atoms. The predicted octanol–water partition coefficient (Wildman–Crippen LogP) is 4.79. The molecule has 102 valence electrons. The zero-order valence-corrected chi connectivity index (χ0v) is 12.2. The molecule has 4 heteroatoms. The molecule has 1 nitrogen and oxygen atoms in total. The van der Waals surface area contributed by atoms with Gasteiger partial charge in [-0.15, -0.1) is 12.4 Å². The molecule has 0 unspecified atom stereocenters. The van der Waals surface area contributed by atoms with Crippen LogP contribution < -0.4 is 5.73 Å². The molecule has 0 aromatic heterocycles. The molecule has 1 saturated carbocycles. The number of aryl methyl sites for hydroxylation is 1. The Morgan fingerprint density at radius 3 is 2.50 bits per heavy atom. The van der Waals surface area contributed by atoms with Crippen molar-refractivity contribution in [2.45, 2.75) is 45.1 Å². The van der Waals surface area contributed by atoms with E-state index in [0.29, 0.717) is 16.5 Å². The van der Waals surface area contributed by atoms with Gasteiger partial charge in [0.05, 0.1) is 5.02 Å². The molecule has 1 aromatic rings. The van der Waals surface area contributed by atoms with Gasteiger partial charge in [0, 0.05) is 11.6 Å². The number of hydrogen-bond acceptors (Lipinski definition) is 1. The molecular formula is C14H20Cl2FN. The maximum atomic E-state index is 13.9. The Hall–Kier alpha value is -0.310. The number of rotatable bonds is 2. The summed E-state index contributed by atoms with van der Waals surface area (Å²) in [7, 11) is 0. The molecule has 1 aliphatic carbocycles. The summed E-state index contributed by atoms with van der Waals surface area (Å²) in [6.45, 7) is 1.89. The second kappa shape index (κ2) is 6.74.